The molecule has 1 aliphatic heterocycles. The van der Waals surface area contributed by atoms with Crippen LogP contribution in [0.3, 0.4) is 0 Å². The minimum absolute atomic E-state index is 0.512. The fourth-order valence-electron chi connectivity index (χ4n) is 3.27. The van der Waals surface area contributed by atoms with Gasteiger partial charge >= 0.3 is 0 Å². The van der Waals surface area contributed by atoms with E-state index in [0.29, 0.717) is 12.6 Å². The minimum atomic E-state index is 0.512. The van der Waals surface area contributed by atoms with Gasteiger partial charge in [-0.05, 0) is 43.9 Å². The van der Waals surface area contributed by atoms with Gasteiger partial charge in [0, 0.05) is 39.3 Å². The first-order valence-corrected chi connectivity index (χ1v) is 9.60. The van der Waals surface area contributed by atoms with Gasteiger partial charge in [0.2, 0.25) is 0 Å². The van der Waals surface area contributed by atoms with Crippen LogP contribution in [0.1, 0.15) is 44.2 Å². The number of ether oxygens (including phenoxy) is 1. The van der Waals surface area contributed by atoms with Crippen molar-refractivity contribution in [1.82, 2.24) is 15.5 Å². The van der Waals surface area contributed by atoms with Gasteiger partial charge < -0.3 is 20.3 Å². The molecule has 0 radical (unpaired) electrons. The van der Waals surface area contributed by atoms with Crippen molar-refractivity contribution in [2.24, 2.45) is 4.99 Å². The van der Waals surface area contributed by atoms with Crippen molar-refractivity contribution in [1.29, 1.82) is 0 Å². The average molecular weight is 347 g/mol. The number of aliphatic imine (C=N–C) groups is 1. The van der Waals surface area contributed by atoms with Crippen molar-refractivity contribution in [2.75, 3.05) is 33.3 Å². The highest BCUT2D eigenvalue weighted by Gasteiger charge is 2.19. The van der Waals surface area contributed by atoms with Crippen molar-refractivity contribution in [3.05, 3.63) is 35.4 Å². The molecule has 140 valence electrons. The van der Waals surface area contributed by atoms with E-state index < -0.39 is 0 Å². The molecule has 0 atom stereocenters. The summed E-state index contributed by atoms with van der Waals surface area (Å²) in [5.41, 5.74) is 2.50. The summed E-state index contributed by atoms with van der Waals surface area (Å²) >= 11 is 0. The van der Waals surface area contributed by atoms with E-state index in [1.807, 2.05) is 14.0 Å². The Hall–Kier alpha value is -1.59. The fourth-order valence-corrected chi connectivity index (χ4v) is 3.27. The molecule has 5 nitrogen and oxygen atoms in total. The number of piperidine rings is 1. The number of hydrogen-bond acceptors (Lipinski definition) is 3. The molecule has 0 aliphatic carbocycles. The van der Waals surface area contributed by atoms with E-state index in [0.717, 1.165) is 19.1 Å². The summed E-state index contributed by atoms with van der Waals surface area (Å²) in [5, 5.41) is 7.04. The standard InChI is InChI=1S/C20H34N4O/c1-4-12-24-13-10-19(11-14-24)23-20(21-3)22-15-17-8-6-7-9-18(17)16-25-5-2/h6-9,19H,4-5,10-16H2,1-3H3,(H2,21,22,23). The number of nitrogens with zero attached hydrogens (tertiary/aromatic N) is 2. The van der Waals surface area contributed by atoms with Crippen molar-refractivity contribution >= 4 is 5.96 Å². The lowest BCUT2D eigenvalue weighted by molar-refractivity contribution is 0.133. The van der Waals surface area contributed by atoms with Crippen molar-refractivity contribution in [2.45, 2.75) is 52.3 Å². The van der Waals surface area contributed by atoms with E-state index in [1.165, 1.54) is 50.0 Å². The van der Waals surface area contributed by atoms with Crippen LogP contribution < -0.4 is 10.6 Å². The minimum Gasteiger partial charge on any atom is -0.377 e. The Balaban J connectivity index is 1.81. The number of likely N-dealkylation sites (tertiary alicyclic amines) is 1. The van der Waals surface area contributed by atoms with Crippen LogP contribution >= 0.6 is 0 Å². The van der Waals surface area contributed by atoms with Crippen LogP contribution in [0.5, 0.6) is 0 Å². The van der Waals surface area contributed by atoms with E-state index in [1.54, 1.807) is 0 Å². The highest BCUT2D eigenvalue weighted by atomic mass is 16.5. The van der Waals surface area contributed by atoms with E-state index in [2.05, 4.69) is 51.7 Å². The first-order chi connectivity index (χ1) is 12.3. The summed E-state index contributed by atoms with van der Waals surface area (Å²) in [6.45, 7) is 10.0. The topological polar surface area (TPSA) is 48.9 Å². The number of nitrogens with one attached hydrogen (secondary N) is 2. The van der Waals surface area contributed by atoms with Crippen molar-refractivity contribution < 1.29 is 4.74 Å². The molecule has 0 unspecified atom stereocenters. The summed E-state index contributed by atoms with van der Waals surface area (Å²) in [4.78, 5) is 6.95. The van der Waals surface area contributed by atoms with E-state index >= 15 is 0 Å². The van der Waals surface area contributed by atoms with Gasteiger partial charge in [-0.25, -0.2) is 0 Å². The van der Waals surface area contributed by atoms with Crippen LogP contribution in [0.2, 0.25) is 0 Å². The zero-order chi connectivity index (χ0) is 17.9. The predicted molar refractivity (Wildman–Crippen MR) is 105 cm³/mol. The molecule has 1 aromatic carbocycles. The maximum Gasteiger partial charge on any atom is 0.191 e. The van der Waals surface area contributed by atoms with Crippen LogP contribution in [0.4, 0.5) is 0 Å². The van der Waals surface area contributed by atoms with Crippen LogP contribution in [0.15, 0.2) is 29.3 Å². The molecule has 1 aliphatic rings. The first kappa shape index (κ1) is 19.7. The third-order valence-corrected chi connectivity index (χ3v) is 4.72. The highest BCUT2D eigenvalue weighted by molar-refractivity contribution is 5.80. The van der Waals surface area contributed by atoms with Crippen molar-refractivity contribution in [3.8, 4) is 0 Å². The molecular formula is C20H34N4O. The Kier molecular flexibility index (Phi) is 8.77. The van der Waals surface area contributed by atoms with Crippen LogP contribution in [-0.2, 0) is 17.9 Å². The second-order valence-corrected chi connectivity index (χ2v) is 6.59. The summed E-state index contributed by atoms with van der Waals surface area (Å²) in [6.07, 6.45) is 3.60. The summed E-state index contributed by atoms with van der Waals surface area (Å²) in [6, 6.07) is 8.93. The molecular weight excluding hydrogens is 312 g/mol. The van der Waals surface area contributed by atoms with Gasteiger partial charge in [0.1, 0.15) is 0 Å². The monoisotopic (exact) mass is 346 g/mol. The number of hydrogen-bond donors (Lipinski definition) is 2. The van der Waals surface area contributed by atoms with E-state index in [-0.39, 0.29) is 0 Å². The van der Waals surface area contributed by atoms with Gasteiger partial charge in [0.15, 0.2) is 5.96 Å². The molecule has 2 N–H and O–H groups in total. The Bertz CT molecular complexity index is 524. The number of rotatable bonds is 8. The second-order valence-electron chi connectivity index (χ2n) is 6.59. The smallest absolute Gasteiger partial charge is 0.191 e. The Labute approximate surface area is 152 Å². The van der Waals surface area contributed by atoms with Gasteiger partial charge in [0.05, 0.1) is 6.61 Å². The lowest BCUT2D eigenvalue weighted by atomic mass is 10.1. The summed E-state index contributed by atoms with van der Waals surface area (Å²) in [7, 11) is 1.84. The predicted octanol–water partition coefficient (Wildman–Crippen LogP) is 2.76. The molecule has 1 saturated heterocycles. The third kappa shape index (κ3) is 6.67. The molecule has 0 saturated carbocycles. The molecule has 1 fully saturated rings. The van der Waals surface area contributed by atoms with Crippen LogP contribution in [-0.4, -0.2) is 50.2 Å². The quantitative estimate of drug-likeness (QED) is 0.561. The van der Waals surface area contributed by atoms with Crippen LogP contribution in [0.25, 0.3) is 0 Å². The molecule has 25 heavy (non-hydrogen) atoms. The van der Waals surface area contributed by atoms with Gasteiger partial charge in [-0.15, -0.1) is 0 Å². The summed E-state index contributed by atoms with van der Waals surface area (Å²) < 4.78 is 5.57. The zero-order valence-electron chi connectivity index (χ0n) is 16.1. The normalized spacial score (nSPS) is 16.8. The molecule has 5 heteroatoms. The van der Waals surface area contributed by atoms with Gasteiger partial charge in [0.25, 0.3) is 0 Å². The molecule has 1 aromatic rings. The Morgan fingerprint density at radius 1 is 1.20 bits per heavy atom. The fraction of sp³-hybridized carbons (Fsp3) is 0.650. The maximum absolute atomic E-state index is 5.57. The number of guanidine groups is 1. The van der Waals surface area contributed by atoms with Gasteiger partial charge in [-0.1, -0.05) is 31.2 Å². The first-order valence-electron chi connectivity index (χ1n) is 9.60. The lowest BCUT2D eigenvalue weighted by Gasteiger charge is -2.32. The SMILES string of the molecule is CCCN1CCC(NC(=NC)NCc2ccccc2COCC)CC1. The van der Waals surface area contributed by atoms with E-state index in [9.17, 15) is 0 Å². The molecule has 0 amide bonds. The molecule has 1 heterocycles. The van der Waals surface area contributed by atoms with Crippen molar-refractivity contribution in [3.63, 3.8) is 0 Å². The largest absolute Gasteiger partial charge is 0.377 e. The Morgan fingerprint density at radius 3 is 2.56 bits per heavy atom. The average Bonchev–Trinajstić information content (AvgIpc) is 2.65. The van der Waals surface area contributed by atoms with Crippen LogP contribution in [0, 0.1) is 0 Å². The second kappa shape index (κ2) is 11.1. The van der Waals surface area contributed by atoms with Gasteiger partial charge in [-0.2, -0.15) is 0 Å². The molecule has 2 rings (SSSR count). The third-order valence-electron chi connectivity index (χ3n) is 4.72. The van der Waals surface area contributed by atoms with E-state index in [4.69, 9.17) is 4.74 Å². The van der Waals surface area contributed by atoms with Gasteiger partial charge in [-0.3, -0.25) is 4.99 Å². The Morgan fingerprint density at radius 2 is 1.92 bits per heavy atom. The summed E-state index contributed by atoms with van der Waals surface area (Å²) in [5.74, 6) is 0.889. The zero-order valence-corrected chi connectivity index (χ0v) is 16.1. The molecule has 0 bridgehead atoms. The maximum atomic E-state index is 5.57. The molecule has 0 aromatic heterocycles. The number of benzene rings is 1. The highest BCUT2D eigenvalue weighted by Crippen LogP contribution is 2.12. The molecule has 0 spiro atoms. The lowest BCUT2D eigenvalue weighted by Crippen LogP contribution is -2.48.